The van der Waals surface area contributed by atoms with Gasteiger partial charge in [-0.15, -0.1) is 0 Å². The Bertz CT molecular complexity index is 1480. The van der Waals surface area contributed by atoms with Crippen LogP contribution < -0.4 is 4.74 Å². The molecule has 228 valence electrons. The molecule has 4 atom stereocenters. The van der Waals surface area contributed by atoms with Gasteiger partial charge in [0.25, 0.3) is 0 Å². The molecular weight excluding hydrogens is 563 g/mol. The molecule has 43 heavy (non-hydrogen) atoms. The van der Waals surface area contributed by atoms with E-state index >= 15 is 0 Å². The van der Waals surface area contributed by atoms with Gasteiger partial charge in [0.2, 0.25) is 0 Å². The van der Waals surface area contributed by atoms with Crippen LogP contribution in [0.1, 0.15) is 68.2 Å². The summed E-state index contributed by atoms with van der Waals surface area (Å²) in [5, 5.41) is 11.3. The Morgan fingerprint density at radius 1 is 1.05 bits per heavy atom. The molecule has 4 rings (SSSR count). The first-order valence-corrected chi connectivity index (χ1v) is 16.2. The van der Waals surface area contributed by atoms with Crippen molar-refractivity contribution < 1.29 is 33.1 Å². The Hall–Kier alpha value is -3.48. The molecule has 8 heteroatoms. The lowest BCUT2D eigenvalue weighted by molar-refractivity contribution is -0.143. The minimum absolute atomic E-state index is 0.0221. The van der Waals surface area contributed by atoms with E-state index in [1.165, 1.54) is 5.57 Å². The normalized spacial score (nSPS) is 18.7. The highest BCUT2D eigenvalue weighted by Crippen LogP contribution is 2.48. The maximum atomic E-state index is 13.8. The maximum absolute atomic E-state index is 13.8. The van der Waals surface area contributed by atoms with Gasteiger partial charge in [-0.25, -0.2) is 9.36 Å². The van der Waals surface area contributed by atoms with Gasteiger partial charge in [0.15, 0.2) is 6.10 Å². The number of aryl methyl sites for hydroxylation is 1. The number of phenols is 1. The van der Waals surface area contributed by atoms with Crippen molar-refractivity contribution in [3.63, 3.8) is 0 Å². The summed E-state index contributed by atoms with van der Waals surface area (Å²) in [6.07, 6.45) is 3.90. The van der Waals surface area contributed by atoms with Crippen molar-refractivity contribution in [3.05, 3.63) is 119 Å². The van der Waals surface area contributed by atoms with Crippen LogP contribution in [0.25, 0.3) is 0 Å². The molecule has 0 spiro atoms. The van der Waals surface area contributed by atoms with Gasteiger partial charge in [0, 0.05) is 17.9 Å². The van der Waals surface area contributed by atoms with E-state index in [9.17, 15) is 19.4 Å². The number of allylic oxidation sites excluding steroid dienone is 3. The topological polar surface area (TPSA) is 102 Å². The third-order valence-electron chi connectivity index (χ3n) is 7.67. The third-order valence-corrected chi connectivity index (χ3v) is 8.64. The summed E-state index contributed by atoms with van der Waals surface area (Å²) in [6.45, 7) is 10.1. The SMILES string of the molecule is C=C(C)[C@@H]1CCC(C)=C[C@H]1c1c(O)cc(CCC)cc1OC(=O)C(Cc1ccccc1)OP(=O)(O)OCc1ccccc1. The summed E-state index contributed by atoms with van der Waals surface area (Å²) in [6, 6.07) is 21.5. The van der Waals surface area contributed by atoms with E-state index in [4.69, 9.17) is 13.8 Å². The number of ether oxygens (including phenoxy) is 1. The van der Waals surface area contributed by atoms with Crippen LogP contribution in [0.2, 0.25) is 0 Å². The zero-order chi connectivity index (χ0) is 31.0. The van der Waals surface area contributed by atoms with Crippen molar-refractivity contribution in [1.82, 2.24) is 0 Å². The Labute approximate surface area is 254 Å². The van der Waals surface area contributed by atoms with Gasteiger partial charge in [-0.2, -0.15) is 0 Å². The lowest BCUT2D eigenvalue weighted by Crippen LogP contribution is -2.31. The van der Waals surface area contributed by atoms with Crippen molar-refractivity contribution in [1.29, 1.82) is 0 Å². The summed E-state index contributed by atoms with van der Waals surface area (Å²) >= 11 is 0. The summed E-state index contributed by atoms with van der Waals surface area (Å²) in [5.74, 6) is -0.828. The lowest BCUT2D eigenvalue weighted by atomic mass is 9.73. The molecule has 0 saturated carbocycles. The highest BCUT2D eigenvalue weighted by molar-refractivity contribution is 7.47. The quantitative estimate of drug-likeness (QED) is 0.0877. The van der Waals surface area contributed by atoms with Crippen LogP contribution in [0.3, 0.4) is 0 Å². The zero-order valence-electron chi connectivity index (χ0n) is 25.1. The fraction of sp³-hybridized carbons (Fsp3) is 0.343. The fourth-order valence-electron chi connectivity index (χ4n) is 5.51. The number of hydrogen-bond donors (Lipinski definition) is 2. The molecule has 0 bridgehead atoms. The molecule has 0 amide bonds. The average Bonchev–Trinajstić information content (AvgIpc) is 2.97. The Balaban J connectivity index is 1.67. The minimum Gasteiger partial charge on any atom is -0.507 e. The van der Waals surface area contributed by atoms with E-state index in [1.807, 2.05) is 45.0 Å². The molecule has 3 aromatic carbocycles. The van der Waals surface area contributed by atoms with Gasteiger partial charge >= 0.3 is 13.8 Å². The van der Waals surface area contributed by atoms with Gasteiger partial charge in [-0.3, -0.25) is 9.05 Å². The zero-order valence-corrected chi connectivity index (χ0v) is 26.0. The fourth-order valence-corrected chi connectivity index (χ4v) is 6.37. The molecule has 0 saturated heterocycles. The first-order valence-electron chi connectivity index (χ1n) is 14.7. The molecule has 1 aliphatic carbocycles. The first-order chi connectivity index (χ1) is 20.6. The number of carbonyl (C=O) groups excluding carboxylic acids is 1. The van der Waals surface area contributed by atoms with Crippen LogP contribution in [-0.4, -0.2) is 22.1 Å². The van der Waals surface area contributed by atoms with Gasteiger partial charge < -0.3 is 14.7 Å². The van der Waals surface area contributed by atoms with E-state index in [0.29, 0.717) is 23.1 Å². The second-order valence-corrected chi connectivity index (χ2v) is 12.6. The number of phosphoric ester groups is 1. The van der Waals surface area contributed by atoms with E-state index in [2.05, 4.69) is 12.7 Å². The molecule has 2 N–H and O–H groups in total. The monoisotopic (exact) mass is 604 g/mol. The molecule has 0 fully saturated rings. The number of hydrogen-bond acceptors (Lipinski definition) is 6. The Morgan fingerprint density at radius 3 is 2.33 bits per heavy atom. The predicted molar refractivity (Wildman–Crippen MR) is 168 cm³/mol. The largest absolute Gasteiger partial charge is 0.507 e. The average molecular weight is 605 g/mol. The summed E-state index contributed by atoms with van der Waals surface area (Å²) in [7, 11) is -4.68. The van der Waals surface area contributed by atoms with E-state index in [1.54, 1.807) is 48.5 Å². The summed E-state index contributed by atoms with van der Waals surface area (Å²) in [4.78, 5) is 24.4. The molecule has 3 aromatic rings. The maximum Gasteiger partial charge on any atom is 0.473 e. The van der Waals surface area contributed by atoms with Crippen LogP contribution in [0, 0.1) is 5.92 Å². The van der Waals surface area contributed by atoms with Gasteiger partial charge in [0.05, 0.1) is 6.61 Å². The number of carbonyl (C=O) groups is 1. The lowest BCUT2D eigenvalue weighted by Gasteiger charge is -2.32. The Morgan fingerprint density at radius 2 is 1.70 bits per heavy atom. The summed E-state index contributed by atoms with van der Waals surface area (Å²) < 4.78 is 29.8. The summed E-state index contributed by atoms with van der Waals surface area (Å²) in [5.41, 5.74) is 4.85. The third kappa shape index (κ3) is 9.01. The van der Waals surface area contributed by atoms with Crippen molar-refractivity contribution in [2.24, 2.45) is 5.92 Å². The smallest absolute Gasteiger partial charge is 0.473 e. The second-order valence-electron chi connectivity index (χ2n) is 11.2. The molecule has 2 unspecified atom stereocenters. The molecule has 0 radical (unpaired) electrons. The van der Waals surface area contributed by atoms with Crippen LogP contribution in [0.4, 0.5) is 0 Å². The highest BCUT2D eigenvalue weighted by Gasteiger charge is 2.35. The number of benzene rings is 3. The highest BCUT2D eigenvalue weighted by atomic mass is 31.2. The second kappa shape index (κ2) is 14.8. The standard InChI is InChI=1S/C35H41O7P/c1-5-12-28-20-31(36)34(30-19-25(4)17-18-29(30)24(2)3)32(22-28)41-35(37)33(21-26-13-8-6-9-14-26)42-43(38,39)40-23-27-15-10-7-11-16-27/h6-11,13-16,19-20,22,29-30,33,36H,2,5,12,17-18,21,23H2,1,3-4H3,(H,38,39)/t29-,30+,33?/m0/s1. The van der Waals surface area contributed by atoms with Crippen molar-refractivity contribution in [3.8, 4) is 11.5 Å². The minimum atomic E-state index is -4.68. The van der Waals surface area contributed by atoms with E-state index in [0.717, 1.165) is 30.4 Å². The number of rotatable bonds is 13. The van der Waals surface area contributed by atoms with E-state index < -0.39 is 19.9 Å². The Kier molecular flexibility index (Phi) is 11.2. The van der Waals surface area contributed by atoms with Crippen LogP contribution in [0.5, 0.6) is 11.5 Å². The van der Waals surface area contributed by atoms with Crippen molar-refractivity contribution in [2.45, 2.75) is 71.5 Å². The molecular formula is C35H41O7P. The van der Waals surface area contributed by atoms with Gasteiger partial charge in [-0.05, 0) is 67.9 Å². The molecule has 0 heterocycles. The molecule has 7 nitrogen and oxygen atoms in total. The molecule has 0 aromatic heterocycles. The van der Waals surface area contributed by atoms with Gasteiger partial charge in [0.1, 0.15) is 11.5 Å². The van der Waals surface area contributed by atoms with E-state index in [-0.39, 0.29) is 36.4 Å². The predicted octanol–water partition coefficient (Wildman–Crippen LogP) is 8.21. The van der Waals surface area contributed by atoms with Crippen LogP contribution in [-0.2, 0) is 37.9 Å². The number of esters is 1. The van der Waals surface area contributed by atoms with Crippen LogP contribution >= 0.6 is 7.82 Å². The van der Waals surface area contributed by atoms with Gasteiger partial charge in [-0.1, -0.05) is 97.8 Å². The first kappa shape index (κ1) is 32.4. The molecule has 1 aliphatic rings. The number of phosphoric acid groups is 1. The van der Waals surface area contributed by atoms with Crippen molar-refractivity contribution >= 4 is 13.8 Å². The van der Waals surface area contributed by atoms with Crippen LogP contribution in [0.15, 0.2) is 96.6 Å². The van der Waals surface area contributed by atoms with Crippen molar-refractivity contribution in [2.75, 3.05) is 0 Å². The number of aromatic hydroxyl groups is 1. The molecule has 0 aliphatic heterocycles. The number of phenolic OH excluding ortho intramolecular Hbond substituents is 1.